The van der Waals surface area contributed by atoms with Crippen molar-refractivity contribution in [3.8, 4) is 0 Å². The molecular formula is C17H25IN4OS. The second-order valence-electron chi connectivity index (χ2n) is 5.94. The minimum absolute atomic E-state index is 0. The highest BCUT2D eigenvalue weighted by molar-refractivity contribution is 14.0. The molecule has 5 nitrogen and oxygen atoms in total. The van der Waals surface area contributed by atoms with Gasteiger partial charge in [-0.3, -0.25) is 4.79 Å². The monoisotopic (exact) mass is 460 g/mol. The number of nitrogens with zero attached hydrogens (tertiary/aromatic N) is 3. The summed E-state index contributed by atoms with van der Waals surface area (Å²) in [6, 6.07) is 8.11. The van der Waals surface area contributed by atoms with Crippen molar-refractivity contribution < 1.29 is 4.79 Å². The molecule has 2 fully saturated rings. The van der Waals surface area contributed by atoms with Gasteiger partial charge in [-0.05, 0) is 30.5 Å². The van der Waals surface area contributed by atoms with Gasteiger partial charge in [0.05, 0.1) is 6.54 Å². The summed E-state index contributed by atoms with van der Waals surface area (Å²) in [6.07, 6.45) is 2.76. The molecule has 1 aromatic rings. The summed E-state index contributed by atoms with van der Waals surface area (Å²) < 4.78 is 0. The molecule has 2 saturated heterocycles. The lowest BCUT2D eigenvalue weighted by Gasteiger charge is -2.27. The highest BCUT2D eigenvalue weighted by atomic mass is 127. The van der Waals surface area contributed by atoms with Gasteiger partial charge < -0.3 is 15.5 Å². The Balaban J connectivity index is 0.00000208. The number of thioether (sulfide) groups is 1. The molecule has 2 aliphatic rings. The molecule has 2 aliphatic heterocycles. The SMILES string of the molecule is I.NC(=NCc1ccc(N2CCCCC2=O)cc1)N1CCSCC1. The number of hydrogen-bond donors (Lipinski definition) is 1. The molecular weight excluding hydrogens is 435 g/mol. The Morgan fingerprint density at radius 2 is 1.83 bits per heavy atom. The highest BCUT2D eigenvalue weighted by Gasteiger charge is 2.19. The van der Waals surface area contributed by atoms with Gasteiger partial charge in [-0.2, -0.15) is 11.8 Å². The van der Waals surface area contributed by atoms with E-state index >= 15 is 0 Å². The molecule has 0 aromatic heterocycles. The molecule has 132 valence electrons. The molecule has 0 atom stereocenters. The number of carbonyl (C=O) groups is 1. The molecule has 0 saturated carbocycles. The summed E-state index contributed by atoms with van der Waals surface area (Å²) >= 11 is 1.96. The van der Waals surface area contributed by atoms with Gasteiger partial charge in [0.2, 0.25) is 5.91 Å². The van der Waals surface area contributed by atoms with E-state index in [1.807, 2.05) is 40.9 Å². The van der Waals surface area contributed by atoms with Crippen LogP contribution in [-0.2, 0) is 11.3 Å². The van der Waals surface area contributed by atoms with E-state index in [4.69, 9.17) is 5.73 Å². The van der Waals surface area contributed by atoms with Crippen molar-refractivity contribution in [2.24, 2.45) is 10.7 Å². The fourth-order valence-corrected chi connectivity index (χ4v) is 3.83. The van der Waals surface area contributed by atoms with Gasteiger partial charge in [-0.25, -0.2) is 4.99 Å². The van der Waals surface area contributed by atoms with E-state index in [0.29, 0.717) is 18.9 Å². The number of amides is 1. The third kappa shape index (κ3) is 5.02. The molecule has 2 heterocycles. The van der Waals surface area contributed by atoms with E-state index in [0.717, 1.165) is 55.2 Å². The van der Waals surface area contributed by atoms with Gasteiger partial charge in [0.25, 0.3) is 0 Å². The van der Waals surface area contributed by atoms with Gasteiger partial charge in [0, 0.05) is 43.2 Å². The van der Waals surface area contributed by atoms with Crippen molar-refractivity contribution in [1.82, 2.24) is 4.90 Å². The number of benzene rings is 1. The summed E-state index contributed by atoms with van der Waals surface area (Å²) in [5.74, 6) is 3.11. The quantitative estimate of drug-likeness (QED) is 0.428. The van der Waals surface area contributed by atoms with Crippen molar-refractivity contribution in [1.29, 1.82) is 0 Å². The van der Waals surface area contributed by atoms with Crippen molar-refractivity contribution >= 4 is 53.3 Å². The lowest BCUT2D eigenvalue weighted by Crippen LogP contribution is -2.42. The normalized spacial score (nSPS) is 19.2. The standard InChI is InChI=1S/C17H24N4OS.HI/c18-17(20-9-11-23-12-10-20)19-13-14-4-6-15(7-5-14)21-8-2-1-3-16(21)22;/h4-7H,1-3,8-13H2,(H2,18,19);1H. The fourth-order valence-electron chi connectivity index (χ4n) is 2.92. The van der Waals surface area contributed by atoms with E-state index in [9.17, 15) is 4.79 Å². The number of nitrogens with two attached hydrogens (primary N) is 1. The number of rotatable bonds is 3. The summed E-state index contributed by atoms with van der Waals surface area (Å²) in [4.78, 5) is 20.5. The van der Waals surface area contributed by atoms with Crippen molar-refractivity contribution in [2.75, 3.05) is 36.0 Å². The van der Waals surface area contributed by atoms with E-state index in [1.165, 1.54) is 0 Å². The summed E-state index contributed by atoms with van der Waals surface area (Å²) in [6.45, 7) is 3.38. The first-order valence-electron chi connectivity index (χ1n) is 8.26. The molecule has 0 bridgehead atoms. The molecule has 1 aromatic carbocycles. The van der Waals surface area contributed by atoms with Crippen molar-refractivity contribution in [3.63, 3.8) is 0 Å². The van der Waals surface area contributed by atoms with Crippen LogP contribution in [0.25, 0.3) is 0 Å². The Morgan fingerprint density at radius 1 is 1.12 bits per heavy atom. The first-order chi connectivity index (χ1) is 11.2. The number of piperidine rings is 1. The molecule has 2 N–H and O–H groups in total. The lowest BCUT2D eigenvalue weighted by molar-refractivity contribution is -0.119. The largest absolute Gasteiger partial charge is 0.370 e. The Labute approximate surface area is 165 Å². The van der Waals surface area contributed by atoms with Crippen LogP contribution in [0.1, 0.15) is 24.8 Å². The lowest BCUT2D eigenvalue weighted by atomic mass is 10.1. The zero-order valence-electron chi connectivity index (χ0n) is 13.8. The molecule has 0 unspecified atom stereocenters. The van der Waals surface area contributed by atoms with Crippen LogP contribution in [0.15, 0.2) is 29.3 Å². The van der Waals surface area contributed by atoms with Crippen LogP contribution in [0.5, 0.6) is 0 Å². The van der Waals surface area contributed by atoms with Gasteiger partial charge in [0.15, 0.2) is 5.96 Å². The smallest absolute Gasteiger partial charge is 0.226 e. The maximum absolute atomic E-state index is 12.0. The maximum Gasteiger partial charge on any atom is 0.226 e. The molecule has 0 spiro atoms. The zero-order valence-corrected chi connectivity index (χ0v) is 17.0. The average molecular weight is 460 g/mol. The number of guanidine groups is 1. The van der Waals surface area contributed by atoms with E-state index in [-0.39, 0.29) is 29.9 Å². The van der Waals surface area contributed by atoms with E-state index < -0.39 is 0 Å². The Morgan fingerprint density at radius 3 is 2.50 bits per heavy atom. The molecule has 0 aliphatic carbocycles. The van der Waals surface area contributed by atoms with Gasteiger partial charge >= 0.3 is 0 Å². The predicted octanol–water partition coefficient (Wildman–Crippen LogP) is 2.69. The number of halogens is 1. The van der Waals surface area contributed by atoms with Crippen LogP contribution < -0.4 is 10.6 Å². The maximum atomic E-state index is 12.0. The molecule has 3 rings (SSSR count). The van der Waals surface area contributed by atoms with E-state index in [2.05, 4.69) is 9.89 Å². The number of anilines is 1. The average Bonchev–Trinajstić information content (AvgIpc) is 2.61. The molecule has 1 amide bonds. The third-order valence-corrected chi connectivity index (χ3v) is 5.27. The van der Waals surface area contributed by atoms with Crippen LogP contribution in [0.4, 0.5) is 5.69 Å². The van der Waals surface area contributed by atoms with Crippen LogP contribution in [-0.4, -0.2) is 47.9 Å². The van der Waals surface area contributed by atoms with Crippen molar-refractivity contribution in [3.05, 3.63) is 29.8 Å². The molecule has 24 heavy (non-hydrogen) atoms. The predicted molar refractivity (Wildman–Crippen MR) is 112 cm³/mol. The van der Waals surface area contributed by atoms with Crippen LogP contribution >= 0.6 is 35.7 Å². The summed E-state index contributed by atoms with van der Waals surface area (Å²) in [5, 5.41) is 0. The number of carbonyl (C=O) groups excluding carboxylic acids is 1. The van der Waals surface area contributed by atoms with Crippen LogP contribution in [0, 0.1) is 0 Å². The topological polar surface area (TPSA) is 61.9 Å². The Hall–Kier alpha value is -0.960. The molecule has 0 radical (unpaired) electrons. The first-order valence-corrected chi connectivity index (χ1v) is 9.41. The Bertz CT molecular complexity index is 572. The van der Waals surface area contributed by atoms with Crippen LogP contribution in [0.2, 0.25) is 0 Å². The second kappa shape index (κ2) is 9.50. The zero-order chi connectivity index (χ0) is 16.1. The first kappa shape index (κ1) is 19.4. The van der Waals surface area contributed by atoms with Gasteiger partial charge in [-0.1, -0.05) is 12.1 Å². The minimum Gasteiger partial charge on any atom is -0.370 e. The van der Waals surface area contributed by atoms with Crippen LogP contribution in [0.3, 0.4) is 0 Å². The van der Waals surface area contributed by atoms with Gasteiger partial charge in [0.1, 0.15) is 0 Å². The van der Waals surface area contributed by atoms with Crippen molar-refractivity contribution in [2.45, 2.75) is 25.8 Å². The minimum atomic E-state index is 0. The number of hydrogen-bond acceptors (Lipinski definition) is 3. The highest BCUT2D eigenvalue weighted by Crippen LogP contribution is 2.21. The fraction of sp³-hybridized carbons (Fsp3) is 0.529. The number of aliphatic imine (C=N–C) groups is 1. The third-order valence-electron chi connectivity index (χ3n) is 4.33. The Kier molecular flexibility index (Phi) is 7.67. The summed E-state index contributed by atoms with van der Waals surface area (Å²) in [5.41, 5.74) is 8.18. The molecule has 7 heteroatoms. The second-order valence-corrected chi connectivity index (χ2v) is 7.17. The van der Waals surface area contributed by atoms with Gasteiger partial charge in [-0.15, -0.1) is 24.0 Å². The summed E-state index contributed by atoms with van der Waals surface area (Å²) in [7, 11) is 0. The van der Waals surface area contributed by atoms with E-state index in [1.54, 1.807) is 0 Å².